The number of aliphatic hydroxyl groups excluding tert-OH is 1. The molecule has 0 amide bonds. The van der Waals surface area contributed by atoms with E-state index in [9.17, 15) is 13.5 Å². The quantitative estimate of drug-likeness (QED) is 0.922. The predicted octanol–water partition coefficient (Wildman–Crippen LogP) is 3.03. The lowest BCUT2D eigenvalue weighted by atomic mass is 9.86. The van der Waals surface area contributed by atoms with Gasteiger partial charge in [-0.3, -0.25) is 0 Å². The van der Waals surface area contributed by atoms with Crippen molar-refractivity contribution in [3.63, 3.8) is 0 Å². The standard InChI is InChI=1S/C15H22ClNO3S/c1-11-5-3-4-6-15(11)17(2)21(19,20)13-7-8-14(16)12(9-13)10-18/h7-9,11,15,18H,3-6,10H2,1-2H3. The molecule has 1 aromatic rings. The van der Waals surface area contributed by atoms with Crippen LogP contribution in [0.3, 0.4) is 0 Å². The van der Waals surface area contributed by atoms with E-state index in [1.54, 1.807) is 7.05 Å². The molecule has 4 nitrogen and oxygen atoms in total. The minimum Gasteiger partial charge on any atom is -0.392 e. The lowest BCUT2D eigenvalue weighted by Gasteiger charge is -2.35. The molecule has 6 heteroatoms. The van der Waals surface area contributed by atoms with Crippen LogP contribution in [0.25, 0.3) is 0 Å². The molecule has 0 heterocycles. The first-order chi connectivity index (χ1) is 9.87. The predicted molar refractivity (Wildman–Crippen MR) is 83.7 cm³/mol. The zero-order valence-electron chi connectivity index (χ0n) is 12.4. The summed E-state index contributed by atoms with van der Waals surface area (Å²) in [7, 11) is -1.91. The molecule has 21 heavy (non-hydrogen) atoms. The highest BCUT2D eigenvalue weighted by Crippen LogP contribution is 2.31. The van der Waals surface area contributed by atoms with Gasteiger partial charge in [0.15, 0.2) is 0 Å². The fourth-order valence-corrected chi connectivity index (χ4v) is 4.72. The molecule has 1 aromatic carbocycles. The number of halogens is 1. The van der Waals surface area contributed by atoms with Gasteiger partial charge in [0.25, 0.3) is 0 Å². The van der Waals surface area contributed by atoms with E-state index in [1.165, 1.54) is 28.9 Å². The zero-order valence-corrected chi connectivity index (χ0v) is 14.0. The highest BCUT2D eigenvalue weighted by Gasteiger charge is 2.33. The SMILES string of the molecule is CC1CCCCC1N(C)S(=O)(=O)c1ccc(Cl)c(CO)c1. The normalized spacial score (nSPS) is 23.5. The van der Waals surface area contributed by atoms with Gasteiger partial charge in [0, 0.05) is 18.1 Å². The van der Waals surface area contributed by atoms with Gasteiger partial charge in [-0.1, -0.05) is 31.4 Å². The molecule has 0 bridgehead atoms. The smallest absolute Gasteiger partial charge is 0.243 e. The van der Waals surface area contributed by atoms with E-state index in [0.29, 0.717) is 16.5 Å². The third kappa shape index (κ3) is 3.42. The summed E-state index contributed by atoms with van der Waals surface area (Å²) in [6.45, 7) is 1.84. The van der Waals surface area contributed by atoms with Crippen molar-refractivity contribution in [3.8, 4) is 0 Å². The maximum absolute atomic E-state index is 12.8. The molecule has 2 rings (SSSR count). The molecule has 1 aliphatic rings. The van der Waals surface area contributed by atoms with Gasteiger partial charge >= 0.3 is 0 Å². The highest BCUT2D eigenvalue weighted by atomic mass is 35.5. The monoisotopic (exact) mass is 331 g/mol. The van der Waals surface area contributed by atoms with E-state index in [0.717, 1.165) is 19.3 Å². The van der Waals surface area contributed by atoms with Gasteiger partial charge in [-0.2, -0.15) is 4.31 Å². The first kappa shape index (κ1) is 16.7. The van der Waals surface area contributed by atoms with Crippen LogP contribution in [0.2, 0.25) is 5.02 Å². The Balaban J connectivity index is 2.32. The lowest BCUT2D eigenvalue weighted by Crippen LogP contribution is -2.42. The summed E-state index contributed by atoms with van der Waals surface area (Å²) >= 11 is 5.93. The molecule has 2 atom stereocenters. The van der Waals surface area contributed by atoms with Gasteiger partial charge in [-0.25, -0.2) is 8.42 Å². The van der Waals surface area contributed by atoms with Gasteiger partial charge in [0.05, 0.1) is 11.5 Å². The zero-order chi connectivity index (χ0) is 15.6. The fourth-order valence-electron chi connectivity index (χ4n) is 3.01. The van der Waals surface area contributed by atoms with Crippen molar-refractivity contribution < 1.29 is 13.5 Å². The van der Waals surface area contributed by atoms with Crippen molar-refractivity contribution in [2.45, 2.75) is 50.2 Å². The molecule has 1 N–H and O–H groups in total. The van der Waals surface area contributed by atoms with E-state index in [4.69, 9.17) is 11.6 Å². The lowest BCUT2D eigenvalue weighted by molar-refractivity contribution is 0.213. The van der Waals surface area contributed by atoms with E-state index < -0.39 is 10.0 Å². The van der Waals surface area contributed by atoms with Crippen LogP contribution in [0.4, 0.5) is 0 Å². The van der Waals surface area contributed by atoms with Crippen molar-refractivity contribution in [2.24, 2.45) is 5.92 Å². The van der Waals surface area contributed by atoms with Gasteiger partial charge in [0.2, 0.25) is 10.0 Å². The fraction of sp³-hybridized carbons (Fsp3) is 0.600. The number of rotatable bonds is 4. The molecule has 0 saturated heterocycles. The Morgan fingerprint density at radius 2 is 2.00 bits per heavy atom. The third-order valence-corrected chi connectivity index (χ3v) is 6.65. The highest BCUT2D eigenvalue weighted by molar-refractivity contribution is 7.89. The van der Waals surface area contributed by atoms with Gasteiger partial charge in [-0.05, 0) is 42.5 Å². The Bertz CT molecular complexity index is 603. The Morgan fingerprint density at radius 1 is 1.33 bits per heavy atom. The van der Waals surface area contributed by atoms with Crippen LogP contribution >= 0.6 is 11.6 Å². The van der Waals surface area contributed by atoms with Crippen LogP contribution < -0.4 is 0 Å². The molecule has 1 saturated carbocycles. The number of sulfonamides is 1. The summed E-state index contributed by atoms with van der Waals surface area (Å²) in [5, 5.41) is 9.62. The Labute approximate surface area is 131 Å². The second-order valence-electron chi connectivity index (χ2n) is 5.76. The van der Waals surface area contributed by atoms with E-state index >= 15 is 0 Å². The first-order valence-corrected chi connectivity index (χ1v) is 9.07. The summed E-state index contributed by atoms with van der Waals surface area (Å²) in [4.78, 5) is 0.191. The van der Waals surface area contributed by atoms with E-state index in [2.05, 4.69) is 6.92 Å². The Hall–Kier alpha value is -0.620. The summed E-state index contributed by atoms with van der Waals surface area (Å²) < 4.78 is 27.0. The van der Waals surface area contributed by atoms with E-state index in [1.807, 2.05) is 0 Å². The van der Waals surface area contributed by atoms with Crippen molar-refractivity contribution in [3.05, 3.63) is 28.8 Å². The average Bonchev–Trinajstić information content (AvgIpc) is 2.47. The second kappa shape index (κ2) is 6.65. The second-order valence-corrected chi connectivity index (χ2v) is 8.17. The molecule has 118 valence electrons. The molecular weight excluding hydrogens is 310 g/mol. The topological polar surface area (TPSA) is 57.6 Å². The Kier molecular flexibility index (Phi) is 5.30. The minimum absolute atomic E-state index is 0.0389. The molecule has 2 unspecified atom stereocenters. The summed E-state index contributed by atoms with van der Waals surface area (Å²) in [5.74, 6) is 0.364. The van der Waals surface area contributed by atoms with Crippen LogP contribution in [0.1, 0.15) is 38.2 Å². The van der Waals surface area contributed by atoms with Gasteiger partial charge in [-0.15, -0.1) is 0 Å². The van der Waals surface area contributed by atoms with Crippen LogP contribution in [0, 0.1) is 5.92 Å². The maximum Gasteiger partial charge on any atom is 0.243 e. The summed E-state index contributed by atoms with van der Waals surface area (Å²) in [6.07, 6.45) is 4.20. The molecule has 0 radical (unpaired) electrons. The van der Waals surface area contributed by atoms with Crippen molar-refractivity contribution >= 4 is 21.6 Å². The molecule has 0 aromatic heterocycles. The molecule has 0 aliphatic heterocycles. The number of hydrogen-bond donors (Lipinski definition) is 1. The average molecular weight is 332 g/mol. The van der Waals surface area contributed by atoms with Crippen molar-refractivity contribution in [2.75, 3.05) is 7.05 Å². The maximum atomic E-state index is 12.8. The summed E-state index contributed by atoms with van der Waals surface area (Å²) in [5.41, 5.74) is 0.433. The number of nitrogens with zero attached hydrogens (tertiary/aromatic N) is 1. The molecule has 0 spiro atoms. The minimum atomic E-state index is -3.56. The largest absolute Gasteiger partial charge is 0.392 e. The molecular formula is C15H22ClNO3S. The van der Waals surface area contributed by atoms with Crippen molar-refractivity contribution in [1.82, 2.24) is 4.31 Å². The van der Waals surface area contributed by atoms with Crippen LogP contribution in [0.5, 0.6) is 0 Å². The van der Waals surface area contributed by atoms with E-state index in [-0.39, 0.29) is 17.5 Å². The molecule has 1 fully saturated rings. The number of aliphatic hydroxyl groups is 1. The summed E-state index contributed by atoms with van der Waals surface area (Å²) in [6, 6.07) is 4.53. The Morgan fingerprint density at radius 3 is 2.62 bits per heavy atom. The first-order valence-electron chi connectivity index (χ1n) is 7.25. The van der Waals surface area contributed by atoms with Crippen LogP contribution in [-0.4, -0.2) is 30.9 Å². The molecule has 1 aliphatic carbocycles. The third-order valence-electron chi connectivity index (χ3n) is 4.40. The van der Waals surface area contributed by atoms with Crippen LogP contribution in [-0.2, 0) is 16.6 Å². The van der Waals surface area contributed by atoms with Crippen molar-refractivity contribution in [1.29, 1.82) is 0 Å². The van der Waals surface area contributed by atoms with Gasteiger partial charge < -0.3 is 5.11 Å². The number of benzene rings is 1. The van der Waals surface area contributed by atoms with Gasteiger partial charge in [0.1, 0.15) is 0 Å². The van der Waals surface area contributed by atoms with Crippen LogP contribution in [0.15, 0.2) is 23.1 Å². The number of hydrogen-bond acceptors (Lipinski definition) is 3.